The molecule has 2 rings (SSSR count). The molecule has 0 aliphatic heterocycles. The van der Waals surface area contributed by atoms with Crippen molar-refractivity contribution >= 4 is 16.8 Å². The van der Waals surface area contributed by atoms with Gasteiger partial charge in [-0.3, -0.25) is 4.79 Å². The van der Waals surface area contributed by atoms with Gasteiger partial charge in [0, 0.05) is 43.7 Å². The summed E-state index contributed by atoms with van der Waals surface area (Å²) in [4.78, 5) is 16.0. The van der Waals surface area contributed by atoms with Crippen molar-refractivity contribution in [2.45, 2.75) is 32.8 Å². The lowest BCUT2D eigenvalue weighted by Crippen LogP contribution is -2.26. The fraction of sp³-hybridized carbons (Fsp3) is 0.550. The number of hydrogen-bond donors (Lipinski definition) is 2. The van der Waals surface area contributed by atoms with E-state index in [0.717, 1.165) is 48.0 Å². The lowest BCUT2D eigenvalue weighted by molar-refractivity contribution is -0.131. The summed E-state index contributed by atoms with van der Waals surface area (Å²) in [6, 6.07) is 5.95. The highest BCUT2D eigenvalue weighted by molar-refractivity contribution is 5.84. The number of nitrogens with zero attached hydrogens (tertiary/aromatic N) is 1. The van der Waals surface area contributed by atoms with Crippen LogP contribution in [0.4, 0.5) is 8.78 Å². The van der Waals surface area contributed by atoms with Gasteiger partial charge in [-0.2, -0.15) is 8.78 Å². The third-order valence-electron chi connectivity index (χ3n) is 4.43. The molecule has 1 amide bonds. The minimum absolute atomic E-state index is 0.0152. The van der Waals surface area contributed by atoms with Crippen LogP contribution in [0, 0.1) is 0 Å². The summed E-state index contributed by atoms with van der Waals surface area (Å²) in [6.07, 6.45) is 4.51. The van der Waals surface area contributed by atoms with Gasteiger partial charge in [0.25, 0.3) is 0 Å². The molecular weight excluding hydrogens is 368 g/mol. The smallest absolute Gasteiger partial charge is 0.345 e. The molecule has 0 saturated carbocycles. The van der Waals surface area contributed by atoms with E-state index in [2.05, 4.69) is 15.0 Å². The number of fused-ring (bicyclic) bond motifs is 1. The van der Waals surface area contributed by atoms with Crippen molar-refractivity contribution in [2.75, 3.05) is 39.9 Å². The largest absolute Gasteiger partial charge is 0.494 e. The van der Waals surface area contributed by atoms with Gasteiger partial charge in [-0.15, -0.1) is 0 Å². The zero-order valence-electron chi connectivity index (χ0n) is 16.5. The Morgan fingerprint density at radius 1 is 1.25 bits per heavy atom. The first kappa shape index (κ1) is 22.1. The van der Waals surface area contributed by atoms with Gasteiger partial charge in [0.2, 0.25) is 5.91 Å². The molecule has 0 radical (unpaired) electrons. The van der Waals surface area contributed by atoms with E-state index in [-0.39, 0.29) is 12.5 Å². The van der Waals surface area contributed by atoms with Crippen molar-refractivity contribution in [3.8, 4) is 5.75 Å². The Hall–Kier alpha value is -2.19. The molecule has 0 fully saturated rings. The maximum atomic E-state index is 12.0. The number of benzene rings is 1. The second-order valence-electron chi connectivity index (χ2n) is 6.74. The molecule has 0 spiro atoms. The number of aromatic amines is 1. The number of hydrogen-bond acceptors (Lipinski definition) is 4. The number of unbranched alkanes of at least 4 members (excludes halogenated alkanes) is 1. The van der Waals surface area contributed by atoms with Crippen LogP contribution in [0.25, 0.3) is 10.9 Å². The molecule has 8 heteroatoms. The van der Waals surface area contributed by atoms with Crippen LogP contribution in [0.15, 0.2) is 24.4 Å². The summed E-state index contributed by atoms with van der Waals surface area (Å²) in [5.41, 5.74) is 2.20. The zero-order chi connectivity index (χ0) is 20.4. The fourth-order valence-corrected chi connectivity index (χ4v) is 2.86. The summed E-state index contributed by atoms with van der Waals surface area (Å²) < 4.78 is 34.1. The summed E-state index contributed by atoms with van der Waals surface area (Å²) >= 11 is 0. The minimum Gasteiger partial charge on any atom is -0.494 e. The average Bonchev–Trinajstić information content (AvgIpc) is 3.04. The molecule has 1 heterocycles. The second-order valence-corrected chi connectivity index (χ2v) is 6.74. The molecule has 0 aliphatic carbocycles. The number of halogens is 2. The third kappa shape index (κ3) is 7.82. The number of nitrogens with one attached hydrogen (secondary N) is 2. The molecule has 0 bridgehead atoms. The molecule has 2 aromatic rings. The molecule has 1 aromatic heterocycles. The Kier molecular flexibility index (Phi) is 9.16. The Morgan fingerprint density at radius 2 is 2.07 bits per heavy atom. The predicted octanol–water partition coefficient (Wildman–Crippen LogP) is 3.18. The average molecular weight is 397 g/mol. The molecule has 156 valence electrons. The normalized spacial score (nSPS) is 11.5. The van der Waals surface area contributed by atoms with Gasteiger partial charge in [-0.05, 0) is 50.1 Å². The zero-order valence-corrected chi connectivity index (χ0v) is 16.5. The predicted molar refractivity (Wildman–Crippen MR) is 105 cm³/mol. The number of likely N-dealkylation sites (N-methyl/N-ethyl adjacent to an activating group) is 1. The topological polar surface area (TPSA) is 66.6 Å². The van der Waals surface area contributed by atoms with E-state index in [1.807, 2.05) is 36.3 Å². The van der Waals surface area contributed by atoms with Crippen LogP contribution in [0.3, 0.4) is 0 Å². The standard InChI is InChI=1S/C20H29F2N3O3/c1-15(26)23-8-3-4-11-27-17-5-6-19-18(13-17)16(14-24-19)7-9-25(2)10-12-28-20(21)22/h5-6,13-14,20,24H,3-4,7-12H2,1-2H3,(H,23,26). The molecule has 6 nitrogen and oxygen atoms in total. The van der Waals surface area contributed by atoms with Crippen LogP contribution in [-0.4, -0.2) is 62.3 Å². The maximum absolute atomic E-state index is 12.0. The lowest BCUT2D eigenvalue weighted by atomic mass is 10.1. The molecule has 0 aliphatic rings. The Bertz CT molecular complexity index is 737. The number of H-pyrrole nitrogens is 1. The van der Waals surface area contributed by atoms with Gasteiger partial charge in [-0.1, -0.05) is 0 Å². The van der Waals surface area contributed by atoms with Crippen molar-refractivity contribution in [1.82, 2.24) is 15.2 Å². The van der Waals surface area contributed by atoms with E-state index < -0.39 is 6.61 Å². The third-order valence-corrected chi connectivity index (χ3v) is 4.43. The number of carbonyl (C=O) groups excluding carboxylic acids is 1. The van der Waals surface area contributed by atoms with Crippen molar-refractivity contribution in [2.24, 2.45) is 0 Å². The highest BCUT2D eigenvalue weighted by atomic mass is 19.3. The number of rotatable bonds is 13. The quantitative estimate of drug-likeness (QED) is 0.510. The molecule has 0 unspecified atom stereocenters. The first-order chi connectivity index (χ1) is 13.5. The Labute approximate surface area is 164 Å². The maximum Gasteiger partial charge on any atom is 0.345 e. The van der Waals surface area contributed by atoms with Crippen LogP contribution < -0.4 is 10.1 Å². The van der Waals surface area contributed by atoms with Gasteiger partial charge in [-0.25, -0.2) is 0 Å². The molecule has 1 aromatic carbocycles. The number of aromatic nitrogens is 1. The van der Waals surface area contributed by atoms with Gasteiger partial charge < -0.3 is 24.7 Å². The summed E-state index contributed by atoms with van der Waals surface area (Å²) in [5, 5.41) is 3.87. The first-order valence-electron chi connectivity index (χ1n) is 9.51. The number of carbonyl (C=O) groups is 1. The van der Waals surface area contributed by atoms with Gasteiger partial charge in [0.05, 0.1) is 13.2 Å². The van der Waals surface area contributed by atoms with E-state index in [0.29, 0.717) is 19.7 Å². The monoisotopic (exact) mass is 397 g/mol. The fourth-order valence-electron chi connectivity index (χ4n) is 2.86. The van der Waals surface area contributed by atoms with Crippen LogP contribution in [0.5, 0.6) is 5.75 Å². The highest BCUT2D eigenvalue weighted by Gasteiger charge is 2.08. The molecular formula is C20H29F2N3O3. The number of amides is 1. The van der Waals surface area contributed by atoms with E-state index in [4.69, 9.17) is 4.74 Å². The first-order valence-corrected chi connectivity index (χ1v) is 9.51. The highest BCUT2D eigenvalue weighted by Crippen LogP contribution is 2.24. The van der Waals surface area contributed by atoms with Gasteiger partial charge in [0.15, 0.2) is 0 Å². The minimum atomic E-state index is -2.72. The van der Waals surface area contributed by atoms with Crippen molar-refractivity contribution in [3.05, 3.63) is 30.0 Å². The molecule has 28 heavy (non-hydrogen) atoms. The summed E-state index contributed by atoms with van der Waals surface area (Å²) in [5.74, 6) is 0.796. The summed E-state index contributed by atoms with van der Waals surface area (Å²) in [6.45, 7) is 1.27. The van der Waals surface area contributed by atoms with Crippen molar-refractivity contribution in [3.63, 3.8) is 0 Å². The van der Waals surface area contributed by atoms with E-state index in [1.165, 1.54) is 6.92 Å². The Morgan fingerprint density at radius 3 is 2.82 bits per heavy atom. The van der Waals surface area contributed by atoms with Crippen LogP contribution in [-0.2, 0) is 16.0 Å². The summed E-state index contributed by atoms with van der Waals surface area (Å²) in [7, 11) is 1.89. The van der Waals surface area contributed by atoms with Gasteiger partial charge >= 0.3 is 6.61 Å². The van der Waals surface area contributed by atoms with Gasteiger partial charge in [0.1, 0.15) is 5.75 Å². The lowest BCUT2D eigenvalue weighted by Gasteiger charge is -2.16. The van der Waals surface area contributed by atoms with Crippen molar-refractivity contribution < 1.29 is 23.0 Å². The molecule has 0 saturated heterocycles. The number of alkyl halides is 2. The number of ether oxygens (including phenoxy) is 2. The molecule has 0 atom stereocenters. The van der Waals surface area contributed by atoms with Crippen LogP contribution in [0.1, 0.15) is 25.3 Å². The van der Waals surface area contributed by atoms with E-state index in [1.54, 1.807) is 0 Å². The second kappa shape index (κ2) is 11.6. The van der Waals surface area contributed by atoms with Crippen LogP contribution in [0.2, 0.25) is 0 Å². The molecule has 2 N–H and O–H groups in total. The van der Waals surface area contributed by atoms with Crippen molar-refractivity contribution in [1.29, 1.82) is 0 Å². The van der Waals surface area contributed by atoms with Crippen LogP contribution >= 0.6 is 0 Å². The Balaban J connectivity index is 1.80. The van der Waals surface area contributed by atoms with E-state index >= 15 is 0 Å². The SMILES string of the molecule is CC(=O)NCCCCOc1ccc2[nH]cc(CCN(C)CCOC(F)F)c2c1. The van der Waals surface area contributed by atoms with E-state index in [9.17, 15) is 13.6 Å².